The number of benzene rings is 2. The van der Waals surface area contributed by atoms with Crippen LogP contribution in [0.5, 0.6) is 23.0 Å². The van der Waals surface area contributed by atoms with E-state index in [0.717, 1.165) is 21.9 Å². The first-order chi connectivity index (χ1) is 13.6. The van der Waals surface area contributed by atoms with Gasteiger partial charge in [-0.1, -0.05) is 6.07 Å². The third kappa shape index (κ3) is 3.86. The van der Waals surface area contributed by atoms with Gasteiger partial charge in [-0.15, -0.1) is 11.3 Å². The number of aromatic nitrogens is 1. The van der Waals surface area contributed by atoms with Gasteiger partial charge in [-0.2, -0.15) is 0 Å². The molecular formula is C20H18N2O5S. The topological polar surface area (TPSA) is 78.9 Å². The number of aryl methyl sites for hydroxylation is 1. The molecule has 1 N–H and O–H groups in total. The number of thiazole rings is 1. The molecule has 2 heterocycles. The highest BCUT2D eigenvalue weighted by atomic mass is 32.1. The Morgan fingerprint density at radius 3 is 2.86 bits per heavy atom. The van der Waals surface area contributed by atoms with Crippen molar-refractivity contribution in [1.82, 2.24) is 4.98 Å². The molecule has 0 radical (unpaired) electrons. The summed E-state index contributed by atoms with van der Waals surface area (Å²) in [6.45, 7) is 2.06. The number of rotatable bonds is 6. The van der Waals surface area contributed by atoms with Gasteiger partial charge < -0.3 is 18.9 Å². The van der Waals surface area contributed by atoms with Gasteiger partial charge in [0.25, 0.3) is 5.91 Å². The zero-order chi connectivity index (χ0) is 19.5. The second-order valence-corrected chi connectivity index (χ2v) is 7.21. The Labute approximate surface area is 165 Å². The highest BCUT2D eigenvalue weighted by Crippen LogP contribution is 2.38. The number of anilines is 1. The number of carbonyl (C=O) groups is 1. The number of amides is 1. The summed E-state index contributed by atoms with van der Waals surface area (Å²) in [5.41, 5.74) is 1.71. The fourth-order valence-electron chi connectivity index (χ4n) is 2.76. The van der Waals surface area contributed by atoms with Crippen LogP contribution in [0, 0.1) is 6.92 Å². The molecular weight excluding hydrogens is 380 g/mol. The lowest BCUT2D eigenvalue weighted by molar-refractivity contribution is -0.118. The Morgan fingerprint density at radius 1 is 1.18 bits per heavy atom. The molecule has 1 amide bonds. The summed E-state index contributed by atoms with van der Waals surface area (Å²) in [5.74, 6) is 2.36. The lowest BCUT2D eigenvalue weighted by Crippen LogP contribution is -2.20. The molecule has 0 fully saturated rings. The smallest absolute Gasteiger partial charge is 0.264 e. The second kappa shape index (κ2) is 7.77. The fourth-order valence-corrected chi connectivity index (χ4v) is 3.61. The number of carbonyl (C=O) groups excluding carboxylic acids is 1. The molecule has 1 aliphatic rings. The summed E-state index contributed by atoms with van der Waals surface area (Å²) in [4.78, 5) is 17.7. The number of hydrogen-bond donors (Lipinski definition) is 1. The van der Waals surface area contributed by atoms with E-state index in [1.807, 2.05) is 31.2 Å². The molecule has 3 aromatic rings. The molecule has 4 rings (SSSR count). The minimum Gasteiger partial charge on any atom is -0.497 e. The van der Waals surface area contributed by atoms with Crippen molar-refractivity contribution in [3.63, 3.8) is 0 Å². The third-order valence-electron chi connectivity index (χ3n) is 4.10. The molecule has 0 atom stereocenters. The Kier molecular flexibility index (Phi) is 5.03. The van der Waals surface area contributed by atoms with Gasteiger partial charge in [-0.25, -0.2) is 4.98 Å². The number of nitrogens with one attached hydrogen (secondary N) is 1. The fraction of sp³-hybridized carbons (Fsp3) is 0.200. The van der Waals surface area contributed by atoms with Crippen LogP contribution in [0.25, 0.3) is 11.3 Å². The number of hydrogen-bond acceptors (Lipinski definition) is 7. The predicted octanol–water partition coefficient (Wildman–Crippen LogP) is 3.87. The number of methoxy groups -OCH3 is 1. The molecule has 0 spiro atoms. The van der Waals surface area contributed by atoms with E-state index in [2.05, 4.69) is 10.3 Å². The Morgan fingerprint density at radius 2 is 2.00 bits per heavy atom. The number of nitrogens with zero attached hydrogens (tertiary/aromatic N) is 1. The molecule has 1 aromatic heterocycles. The summed E-state index contributed by atoms with van der Waals surface area (Å²) < 4.78 is 21.4. The largest absolute Gasteiger partial charge is 0.497 e. The van der Waals surface area contributed by atoms with E-state index in [4.69, 9.17) is 18.9 Å². The highest BCUT2D eigenvalue weighted by molar-refractivity contribution is 7.16. The van der Waals surface area contributed by atoms with Gasteiger partial charge in [-0.05, 0) is 37.3 Å². The first kappa shape index (κ1) is 18.1. The van der Waals surface area contributed by atoms with Gasteiger partial charge in [0.15, 0.2) is 23.2 Å². The lowest BCUT2D eigenvalue weighted by Gasteiger charge is -2.07. The lowest BCUT2D eigenvalue weighted by atomic mass is 10.1. The summed E-state index contributed by atoms with van der Waals surface area (Å²) in [7, 11) is 1.58. The predicted molar refractivity (Wildman–Crippen MR) is 106 cm³/mol. The normalized spacial score (nSPS) is 11.9. The van der Waals surface area contributed by atoms with Gasteiger partial charge in [0, 0.05) is 16.5 Å². The van der Waals surface area contributed by atoms with Crippen LogP contribution in [0.2, 0.25) is 0 Å². The SMILES string of the molecule is COc1cccc(OCC(=O)Nc2nc(-c3ccc4c(c3)OCO4)c(C)s2)c1. The minimum atomic E-state index is -0.284. The zero-order valence-corrected chi connectivity index (χ0v) is 16.2. The second-order valence-electron chi connectivity index (χ2n) is 6.01. The van der Waals surface area contributed by atoms with E-state index in [-0.39, 0.29) is 19.3 Å². The van der Waals surface area contributed by atoms with Gasteiger partial charge in [0.1, 0.15) is 11.5 Å². The van der Waals surface area contributed by atoms with E-state index < -0.39 is 0 Å². The van der Waals surface area contributed by atoms with Crippen LogP contribution in [-0.2, 0) is 4.79 Å². The van der Waals surface area contributed by atoms with Gasteiger partial charge >= 0.3 is 0 Å². The van der Waals surface area contributed by atoms with Crippen LogP contribution < -0.4 is 24.3 Å². The van der Waals surface area contributed by atoms with Crippen LogP contribution in [-0.4, -0.2) is 31.4 Å². The minimum absolute atomic E-state index is 0.120. The van der Waals surface area contributed by atoms with Crippen molar-refractivity contribution in [2.45, 2.75) is 6.92 Å². The quantitative estimate of drug-likeness (QED) is 0.679. The molecule has 1 aliphatic heterocycles. The van der Waals surface area contributed by atoms with Gasteiger partial charge in [0.05, 0.1) is 12.8 Å². The first-order valence-corrected chi connectivity index (χ1v) is 9.38. The maximum absolute atomic E-state index is 12.2. The first-order valence-electron chi connectivity index (χ1n) is 8.56. The Hall–Kier alpha value is -3.26. The van der Waals surface area contributed by atoms with Crippen LogP contribution in [0.3, 0.4) is 0 Å². The van der Waals surface area contributed by atoms with Gasteiger partial charge in [0.2, 0.25) is 6.79 Å². The summed E-state index contributed by atoms with van der Waals surface area (Å²) in [6.07, 6.45) is 0. The molecule has 0 aliphatic carbocycles. The molecule has 0 saturated carbocycles. The van der Waals surface area contributed by atoms with Crippen LogP contribution in [0.15, 0.2) is 42.5 Å². The van der Waals surface area contributed by atoms with E-state index in [0.29, 0.717) is 22.4 Å². The summed E-state index contributed by atoms with van der Waals surface area (Å²) >= 11 is 1.41. The molecule has 0 bridgehead atoms. The molecule has 0 saturated heterocycles. The summed E-state index contributed by atoms with van der Waals surface area (Å²) in [5, 5.41) is 3.30. The van der Waals surface area contributed by atoms with E-state index in [9.17, 15) is 4.79 Å². The van der Waals surface area contributed by atoms with Crippen molar-refractivity contribution in [3.8, 4) is 34.3 Å². The number of fused-ring (bicyclic) bond motifs is 1. The van der Waals surface area contributed by atoms with Gasteiger partial charge in [-0.3, -0.25) is 10.1 Å². The molecule has 144 valence electrons. The molecule has 8 heteroatoms. The van der Waals surface area contributed by atoms with Crippen molar-refractivity contribution in [2.24, 2.45) is 0 Å². The molecule has 2 aromatic carbocycles. The highest BCUT2D eigenvalue weighted by Gasteiger charge is 2.17. The summed E-state index contributed by atoms with van der Waals surface area (Å²) in [6, 6.07) is 12.8. The maximum Gasteiger partial charge on any atom is 0.264 e. The van der Waals surface area contributed by atoms with E-state index in [1.54, 1.807) is 25.3 Å². The standard InChI is InChI=1S/C20H18N2O5S/c1-12-19(13-6-7-16-17(8-13)27-11-26-16)22-20(28-12)21-18(23)10-25-15-5-3-4-14(9-15)24-2/h3-9H,10-11H2,1-2H3,(H,21,22,23). The van der Waals surface area contributed by atoms with Crippen LogP contribution in [0.4, 0.5) is 5.13 Å². The van der Waals surface area contributed by atoms with Crippen molar-refractivity contribution in [3.05, 3.63) is 47.3 Å². The van der Waals surface area contributed by atoms with Crippen LogP contribution >= 0.6 is 11.3 Å². The number of ether oxygens (including phenoxy) is 4. The van der Waals surface area contributed by atoms with Crippen molar-refractivity contribution in [2.75, 3.05) is 25.8 Å². The van der Waals surface area contributed by atoms with E-state index >= 15 is 0 Å². The Bertz CT molecular complexity index is 1020. The molecule has 28 heavy (non-hydrogen) atoms. The zero-order valence-electron chi connectivity index (χ0n) is 15.4. The molecule has 7 nitrogen and oxygen atoms in total. The van der Waals surface area contributed by atoms with Crippen molar-refractivity contribution in [1.29, 1.82) is 0 Å². The average Bonchev–Trinajstić information content (AvgIpc) is 3.32. The van der Waals surface area contributed by atoms with Crippen molar-refractivity contribution < 1.29 is 23.7 Å². The Balaban J connectivity index is 1.41. The molecule has 0 unspecified atom stereocenters. The van der Waals surface area contributed by atoms with Crippen molar-refractivity contribution >= 4 is 22.4 Å². The van der Waals surface area contributed by atoms with Crippen LogP contribution in [0.1, 0.15) is 4.88 Å². The maximum atomic E-state index is 12.2. The average molecular weight is 398 g/mol. The van der Waals surface area contributed by atoms with E-state index in [1.165, 1.54) is 11.3 Å². The third-order valence-corrected chi connectivity index (χ3v) is 4.99. The monoisotopic (exact) mass is 398 g/mol.